The third-order valence-corrected chi connectivity index (χ3v) is 3.55. The number of nitrogens with two attached hydrogens (primary N) is 1. The van der Waals surface area contributed by atoms with E-state index in [1.54, 1.807) is 0 Å². The van der Waals surface area contributed by atoms with Gasteiger partial charge in [-0.25, -0.2) is 15.8 Å². The van der Waals surface area contributed by atoms with E-state index < -0.39 is 0 Å². The van der Waals surface area contributed by atoms with Crippen molar-refractivity contribution in [3.63, 3.8) is 0 Å². The summed E-state index contributed by atoms with van der Waals surface area (Å²) in [5.74, 6) is 7.04. The number of benzene rings is 1. The fraction of sp³-hybridized carbons (Fsp3) is 0.286. The molecular formula is C14H17BrN4. The molecule has 5 heteroatoms. The quantitative estimate of drug-likeness (QED) is 0.671. The molecule has 1 aromatic heterocycles. The van der Waals surface area contributed by atoms with Gasteiger partial charge in [-0.2, -0.15) is 0 Å². The van der Waals surface area contributed by atoms with Crippen LogP contribution in [-0.4, -0.2) is 9.97 Å². The highest BCUT2D eigenvalue weighted by Gasteiger charge is 2.09. The van der Waals surface area contributed by atoms with Crippen LogP contribution < -0.4 is 11.3 Å². The van der Waals surface area contributed by atoms with Crippen LogP contribution in [0.15, 0.2) is 28.7 Å². The second kappa shape index (κ2) is 6.12. The molecule has 0 saturated heterocycles. The molecule has 3 N–H and O–H groups in total. The zero-order valence-corrected chi connectivity index (χ0v) is 12.7. The van der Waals surface area contributed by atoms with Crippen LogP contribution in [0.25, 0.3) is 0 Å². The lowest BCUT2D eigenvalue weighted by Crippen LogP contribution is -2.14. The van der Waals surface area contributed by atoms with E-state index in [1.165, 1.54) is 5.56 Å². The number of halogens is 1. The van der Waals surface area contributed by atoms with Crippen molar-refractivity contribution < 1.29 is 0 Å². The normalized spacial score (nSPS) is 10.5. The van der Waals surface area contributed by atoms with Gasteiger partial charge in [0, 0.05) is 22.2 Å². The van der Waals surface area contributed by atoms with E-state index in [1.807, 2.05) is 19.1 Å². The predicted octanol–water partition coefficient (Wildman–Crippen LogP) is 2.99. The number of hydrogen-bond donors (Lipinski definition) is 2. The molecule has 0 radical (unpaired) electrons. The Morgan fingerprint density at radius 1 is 1.21 bits per heavy atom. The molecule has 100 valence electrons. The maximum Gasteiger partial charge on any atom is 0.147 e. The lowest BCUT2D eigenvalue weighted by molar-refractivity contribution is 0.903. The van der Waals surface area contributed by atoms with Crippen LogP contribution >= 0.6 is 15.9 Å². The van der Waals surface area contributed by atoms with Gasteiger partial charge in [0.2, 0.25) is 0 Å². The molecule has 0 spiro atoms. The number of aryl methyl sites for hydroxylation is 1. The Kier molecular flexibility index (Phi) is 4.50. The SMILES string of the molecule is CCc1c(C)nc(Cc2ccc(Br)cc2)nc1NN. The predicted molar refractivity (Wildman–Crippen MR) is 80.9 cm³/mol. The molecule has 0 aliphatic carbocycles. The number of hydrazine groups is 1. The number of hydrogen-bond acceptors (Lipinski definition) is 4. The van der Waals surface area contributed by atoms with E-state index in [-0.39, 0.29) is 0 Å². The van der Waals surface area contributed by atoms with Gasteiger partial charge in [-0.1, -0.05) is 35.0 Å². The average molecular weight is 321 g/mol. The summed E-state index contributed by atoms with van der Waals surface area (Å²) in [6.45, 7) is 4.06. The van der Waals surface area contributed by atoms with Crippen molar-refractivity contribution in [1.29, 1.82) is 0 Å². The van der Waals surface area contributed by atoms with Crippen molar-refractivity contribution in [2.24, 2.45) is 5.84 Å². The molecule has 2 rings (SSSR count). The Morgan fingerprint density at radius 2 is 1.89 bits per heavy atom. The molecule has 19 heavy (non-hydrogen) atoms. The van der Waals surface area contributed by atoms with E-state index in [9.17, 15) is 0 Å². The minimum Gasteiger partial charge on any atom is -0.308 e. The van der Waals surface area contributed by atoms with Gasteiger partial charge in [-0.05, 0) is 31.0 Å². The molecule has 0 bridgehead atoms. The minimum atomic E-state index is 0.701. The van der Waals surface area contributed by atoms with Crippen LogP contribution in [-0.2, 0) is 12.8 Å². The Morgan fingerprint density at radius 3 is 2.47 bits per heavy atom. The first-order valence-corrected chi connectivity index (χ1v) is 7.00. The van der Waals surface area contributed by atoms with Crippen LogP contribution in [0.5, 0.6) is 0 Å². The first-order chi connectivity index (χ1) is 9.13. The smallest absolute Gasteiger partial charge is 0.147 e. The third-order valence-electron chi connectivity index (χ3n) is 3.03. The van der Waals surface area contributed by atoms with Crippen LogP contribution in [0.4, 0.5) is 5.82 Å². The molecule has 1 aromatic carbocycles. The van der Waals surface area contributed by atoms with Gasteiger partial charge in [0.1, 0.15) is 11.6 Å². The van der Waals surface area contributed by atoms with Gasteiger partial charge in [-0.3, -0.25) is 0 Å². The van der Waals surface area contributed by atoms with Crippen LogP contribution in [0.1, 0.15) is 29.6 Å². The lowest BCUT2D eigenvalue weighted by atomic mass is 10.1. The summed E-state index contributed by atoms with van der Waals surface area (Å²) >= 11 is 3.43. The minimum absolute atomic E-state index is 0.701. The molecule has 0 aliphatic heterocycles. The van der Waals surface area contributed by atoms with Crippen molar-refractivity contribution >= 4 is 21.7 Å². The van der Waals surface area contributed by atoms with Gasteiger partial charge in [-0.15, -0.1) is 0 Å². The molecule has 2 aromatic rings. The highest BCUT2D eigenvalue weighted by Crippen LogP contribution is 2.18. The fourth-order valence-corrected chi connectivity index (χ4v) is 2.32. The molecule has 4 nitrogen and oxygen atoms in total. The molecule has 0 saturated carbocycles. The van der Waals surface area contributed by atoms with Crippen LogP contribution in [0.3, 0.4) is 0 Å². The van der Waals surface area contributed by atoms with E-state index in [2.05, 4.69) is 50.4 Å². The van der Waals surface area contributed by atoms with E-state index in [0.717, 1.165) is 33.8 Å². The molecule has 0 atom stereocenters. The number of nitrogen functional groups attached to an aromatic ring is 1. The molecule has 1 heterocycles. The number of nitrogens with zero attached hydrogens (tertiary/aromatic N) is 2. The van der Waals surface area contributed by atoms with Crippen molar-refractivity contribution in [1.82, 2.24) is 9.97 Å². The molecular weight excluding hydrogens is 304 g/mol. The fourth-order valence-electron chi connectivity index (χ4n) is 2.06. The molecule has 0 unspecified atom stereocenters. The van der Waals surface area contributed by atoms with Gasteiger partial charge in [0.15, 0.2) is 0 Å². The molecule has 0 amide bonds. The standard InChI is InChI=1S/C14H17BrN4/c1-3-12-9(2)17-13(18-14(12)19-16)8-10-4-6-11(15)7-5-10/h4-7H,3,8,16H2,1-2H3,(H,17,18,19). The maximum absolute atomic E-state index is 5.53. The molecule has 0 aliphatic rings. The summed E-state index contributed by atoms with van der Waals surface area (Å²) in [5.41, 5.74) is 5.89. The van der Waals surface area contributed by atoms with Crippen molar-refractivity contribution in [3.8, 4) is 0 Å². The first-order valence-electron chi connectivity index (χ1n) is 6.21. The maximum atomic E-state index is 5.53. The summed E-state index contributed by atoms with van der Waals surface area (Å²) in [6.07, 6.45) is 1.57. The second-order valence-electron chi connectivity index (χ2n) is 4.35. The zero-order valence-electron chi connectivity index (χ0n) is 11.1. The topological polar surface area (TPSA) is 63.8 Å². The Hall–Kier alpha value is -1.46. The summed E-state index contributed by atoms with van der Waals surface area (Å²) < 4.78 is 1.07. The highest BCUT2D eigenvalue weighted by atomic mass is 79.9. The summed E-state index contributed by atoms with van der Waals surface area (Å²) in [4.78, 5) is 9.03. The zero-order chi connectivity index (χ0) is 13.8. The second-order valence-corrected chi connectivity index (χ2v) is 5.27. The van der Waals surface area contributed by atoms with Gasteiger partial charge >= 0.3 is 0 Å². The Bertz CT molecular complexity index is 566. The summed E-state index contributed by atoms with van der Waals surface area (Å²) in [6, 6.07) is 8.16. The Labute approximate surface area is 121 Å². The average Bonchev–Trinajstić information content (AvgIpc) is 2.40. The number of aromatic nitrogens is 2. The number of rotatable bonds is 4. The summed E-state index contributed by atoms with van der Waals surface area (Å²) in [5, 5.41) is 0. The van der Waals surface area contributed by atoms with E-state index in [4.69, 9.17) is 5.84 Å². The summed E-state index contributed by atoms with van der Waals surface area (Å²) in [7, 11) is 0. The van der Waals surface area contributed by atoms with E-state index in [0.29, 0.717) is 6.42 Å². The van der Waals surface area contributed by atoms with Crippen molar-refractivity contribution in [2.75, 3.05) is 5.43 Å². The largest absolute Gasteiger partial charge is 0.308 e. The van der Waals surface area contributed by atoms with Crippen LogP contribution in [0, 0.1) is 6.92 Å². The highest BCUT2D eigenvalue weighted by molar-refractivity contribution is 9.10. The monoisotopic (exact) mass is 320 g/mol. The van der Waals surface area contributed by atoms with Gasteiger partial charge in [0.05, 0.1) is 0 Å². The lowest BCUT2D eigenvalue weighted by Gasteiger charge is -2.11. The van der Waals surface area contributed by atoms with Crippen molar-refractivity contribution in [3.05, 3.63) is 51.4 Å². The number of nitrogens with one attached hydrogen (secondary N) is 1. The molecule has 0 fully saturated rings. The Balaban J connectivity index is 2.30. The third kappa shape index (κ3) is 3.30. The van der Waals surface area contributed by atoms with Gasteiger partial charge in [0.25, 0.3) is 0 Å². The van der Waals surface area contributed by atoms with Crippen LogP contribution in [0.2, 0.25) is 0 Å². The van der Waals surface area contributed by atoms with Crippen molar-refractivity contribution in [2.45, 2.75) is 26.7 Å². The first kappa shape index (κ1) is 14.0. The van der Waals surface area contributed by atoms with E-state index >= 15 is 0 Å². The van der Waals surface area contributed by atoms with Gasteiger partial charge < -0.3 is 5.43 Å². The number of anilines is 1.